The summed E-state index contributed by atoms with van der Waals surface area (Å²) in [6.45, 7) is 3.40. The Morgan fingerprint density at radius 3 is 2.45 bits per heavy atom. The van der Waals surface area contributed by atoms with E-state index in [1.165, 1.54) is 19.8 Å². The van der Waals surface area contributed by atoms with Crippen LogP contribution in [-0.2, 0) is 9.84 Å². The highest BCUT2D eigenvalue weighted by Crippen LogP contribution is 2.34. The Labute approximate surface area is 187 Å². The molecule has 2 heterocycles. The Bertz CT molecular complexity index is 1170. The minimum Gasteiger partial charge on any atom is -0.493 e. The normalized spacial score (nSPS) is 15.1. The fourth-order valence-electron chi connectivity index (χ4n) is 3.89. The van der Waals surface area contributed by atoms with Gasteiger partial charge in [-0.15, -0.1) is 11.3 Å². The molecule has 0 saturated carbocycles. The van der Waals surface area contributed by atoms with E-state index in [0.717, 1.165) is 16.4 Å². The van der Waals surface area contributed by atoms with E-state index in [9.17, 15) is 8.42 Å². The van der Waals surface area contributed by atoms with Crippen LogP contribution in [0.1, 0.15) is 18.4 Å². The van der Waals surface area contributed by atoms with Gasteiger partial charge in [0, 0.05) is 30.1 Å². The van der Waals surface area contributed by atoms with Gasteiger partial charge in [-0.2, -0.15) is 0 Å². The maximum atomic E-state index is 13.2. The number of aromatic nitrogens is 1. The standard InChI is InChI=1S/C23H26N2O4S2/c1-16-5-4-6-17(13-16)20-15-30-23(24-20)25-11-9-18(10-12-25)31(26,27)19-7-8-21(28-2)22(14-19)29-3/h4-8,13-15,18H,9-12H2,1-3H3. The minimum absolute atomic E-state index is 0.277. The van der Waals surface area contributed by atoms with Crippen LogP contribution in [0, 0.1) is 6.92 Å². The van der Waals surface area contributed by atoms with Gasteiger partial charge in [0.15, 0.2) is 26.5 Å². The van der Waals surface area contributed by atoms with Gasteiger partial charge in [-0.05, 0) is 38.0 Å². The number of anilines is 1. The number of methoxy groups -OCH3 is 2. The van der Waals surface area contributed by atoms with Crippen molar-refractivity contribution in [2.24, 2.45) is 0 Å². The number of hydrogen-bond acceptors (Lipinski definition) is 7. The molecule has 0 bridgehead atoms. The van der Waals surface area contributed by atoms with Gasteiger partial charge in [-0.25, -0.2) is 13.4 Å². The number of piperidine rings is 1. The molecule has 1 aromatic heterocycles. The average molecular weight is 459 g/mol. The highest BCUT2D eigenvalue weighted by Gasteiger charge is 2.32. The van der Waals surface area contributed by atoms with Crippen LogP contribution in [0.2, 0.25) is 0 Å². The molecule has 1 aliphatic rings. The van der Waals surface area contributed by atoms with E-state index in [0.29, 0.717) is 37.4 Å². The molecule has 0 atom stereocenters. The van der Waals surface area contributed by atoms with Crippen LogP contribution in [0.3, 0.4) is 0 Å². The van der Waals surface area contributed by atoms with Gasteiger partial charge >= 0.3 is 0 Å². The Hall–Kier alpha value is -2.58. The fraction of sp³-hybridized carbons (Fsp3) is 0.348. The van der Waals surface area contributed by atoms with Crippen molar-refractivity contribution in [1.29, 1.82) is 0 Å². The molecular formula is C23H26N2O4S2. The number of thiazole rings is 1. The van der Waals surface area contributed by atoms with Crippen molar-refractivity contribution in [2.45, 2.75) is 29.9 Å². The number of hydrogen-bond donors (Lipinski definition) is 0. The number of ether oxygens (including phenoxy) is 2. The molecular weight excluding hydrogens is 432 g/mol. The predicted molar refractivity (Wildman–Crippen MR) is 124 cm³/mol. The van der Waals surface area contributed by atoms with Gasteiger partial charge < -0.3 is 14.4 Å². The highest BCUT2D eigenvalue weighted by atomic mass is 32.2. The third-order valence-corrected chi connectivity index (χ3v) is 8.80. The Balaban J connectivity index is 1.46. The van der Waals surface area contributed by atoms with Gasteiger partial charge in [-0.3, -0.25) is 0 Å². The van der Waals surface area contributed by atoms with E-state index in [1.54, 1.807) is 29.5 Å². The zero-order valence-electron chi connectivity index (χ0n) is 17.9. The smallest absolute Gasteiger partial charge is 0.185 e. The molecule has 1 aliphatic heterocycles. The fourth-order valence-corrected chi connectivity index (χ4v) is 6.52. The molecule has 164 valence electrons. The van der Waals surface area contributed by atoms with Crippen LogP contribution in [0.5, 0.6) is 11.5 Å². The summed E-state index contributed by atoms with van der Waals surface area (Å²) < 4.78 is 36.9. The maximum absolute atomic E-state index is 13.2. The van der Waals surface area contributed by atoms with Crippen molar-refractivity contribution >= 4 is 26.3 Å². The lowest BCUT2D eigenvalue weighted by molar-refractivity contribution is 0.354. The van der Waals surface area contributed by atoms with Crippen molar-refractivity contribution in [2.75, 3.05) is 32.2 Å². The summed E-state index contributed by atoms with van der Waals surface area (Å²) in [6.07, 6.45) is 1.13. The SMILES string of the molecule is COc1ccc(S(=O)(=O)C2CCN(c3nc(-c4cccc(C)c4)cs3)CC2)cc1OC. The Morgan fingerprint density at radius 2 is 1.77 bits per heavy atom. The second kappa shape index (κ2) is 8.88. The molecule has 0 spiro atoms. The zero-order valence-corrected chi connectivity index (χ0v) is 19.5. The monoisotopic (exact) mass is 458 g/mol. The van der Waals surface area contributed by atoms with Gasteiger partial charge in [0.05, 0.1) is 30.1 Å². The summed E-state index contributed by atoms with van der Waals surface area (Å²) in [5, 5.41) is 2.59. The predicted octanol–water partition coefficient (Wildman–Crippen LogP) is 4.58. The summed E-state index contributed by atoms with van der Waals surface area (Å²) in [5.74, 6) is 0.942. The maximum Gasteiger partial charge on any atom is 0.185 e. The first-order valence-electron chi connectivity index (χ1n) is 10.2. The molecule has 6 nitrogen and oxygen atoms in total. The molecule has 0 amide bonds. The molecule has 8 heteroatoms. The van der Waals surface area contributed by atoms with Gasteiger partial charge in [0.25, 0.3) is 0 Å². The minimum atomic E-state index is -3.45. The number of nitrogens with zero attached hydrogens (tertiary/aromatic N) is 2. The van der Waals surface area contributed by atoms with Crippen LogP contribution < -0.4 is 14.4 Å². The summed E-state index contributed by atoms with van der Waals surface area (Å²) in [5.41, 5.74) is 3.27. The molecule has 0 N–H and O–H groups in total. The molecule has 0 unspecified atom stereocenters. The van der Waals surface area contributed by atoms with Gasteiger partial charge in [0.1, 0.15) is 0 Å². The van der Waals surface area contributed by atoms with Crippen LogP contribution in [0.4, 0.5) is 5.13 Å². The van der Waals surface area contributed by atoms with Crippen LogP contribution in [-0.4, -0.2) is 46.0 Å². The summed E-state index contributed by atoms with van der Waals surface area (Å²) in [4.78, 5) is 7.26. The van der Waals surface area contributed by atoms with Crippen LogP contribution in [0.15, 0.2) is 52.7 Å². The second-order valence-electron chi connectivity index (χ2n) is 7.63. The third kappa shape index (κ3) is 4.41. The third-order valence-electron chi connectivity index (χ3n) is 5.64. The van der Waals surface area contributed by atoms with Crippen LogP contribution >= 0.6 is 11.3 Å². The number of benzene rings is 2. The van der Waals surface area contributed by atoms with Crippen molar-refractivity contribution in [1.82, 2.24) is 4.98 Å². The van der Waals surface area contributed by atoms with Crippen molar-refractivity contribution < 1.29 is 17.9 Å². The molecule has 2 aromatic carbocycles. The first-order chi connectivity index (χ1) is 14.9. The van der Waals surface area contributed by atoms with Crippen molar-refractivity contribution in [3.8, 4) is 22.8 Å². The Morgan fingerprint density at radius 1 is 1.03 bits per heavy atom. The summed E-state index contributed by atoms with van der Waals surface area (Å²) in [7, 11) is -0.409. The molecule has 31 heavy (non-hydrogen) atoms. The summed E-state index contributed by atoms with van der Waals surface area (Å²) in [6, 6.07) is 13.1. The lowest BCUT2D eigenvalue weighted by Gasteiger charge is -2.31. The lowest BCUT2D eigenvalue weighted by atomic mass is 10.1. The second-order valence-corrected chi connectivity index (χ2v) is 10.7. The molecule has 4 rings (SSSR count). The van der Waals surface area contributed by atoms with E-state index in [2.05, 4.69) is 35.4 Å². The number of aryl methyl sites for hydroxylation is 1. The van der Waals surface area contributed by atoms with E-state index in [1.807, 2.05) is 6.07 Å². The molecule has 0 aliphatic carbocycles. The molecule has 3 aromatic rings. The first-order valence-corrected chi connectivity index (χ1v) is 12.6. The molecule has 1 fully saturated rings. The number of sulfone groups is 1. The van der Waals surface area contributed by atoms with Crippen molar-refractivity contribution in [3.05, 3.63) is 53.4 Å². The van der Waals surface area contributed by atoms with Gasteiger partial charge in [0.2, 0.25) is 0 Å². The lowest BCUT2D eigenvalue weighted by Crippen LogP contribution is -2.39. The van der Waals surface area contributed by atoms with E-state index < -0.39 is 15.1 Å². The number of rotatable bonds is 6. The average Bonchev–Trinajstić information content (AvgIpc) is 3.29. The van der Waals surface area contributed by atoms with E-state index in [-0.39, 0.29) is 4.90 Å². The first kappa shape index (κ1) is 21.6. The Kier molecular flexibility index (Phi) is 6.20. The largest absolute Gasteiger partial charge is 0.493 e. The van der Waals surface area contributed by atoms with Crippen LogP contribution in [0.25, 0.3) is 11.3 Å². The van der Waals surface area contributed by atoms with E-state index in [4.69, 9.17) is 14.5 Å². The van der Waals surface area contributed by atoms with E-state index >= 15 is 0 Å². The molecule has 0 radical (unpaired) electrons. The molecule has 1 saturated heterocycles. The topological polar surface area (TPSA) is 68.7 Å². The zero-order chi connectivity index (χ0) is 22.0. The van der Waals surface area contributed by atoms with Gasteiger partial charge in [-0.1, -0.05) is 23.8 Å². The highest BCUT2D eigenvalue weighted by molar-refractivity contribution is 7.92. The van der Waals surface area contributed by atoms with Crippen molar-refractivity contribution in [3.63, 3.8) is 0 Å². The summed E-state index contributed by atoms with van der Waals surface area (Å²) >= 11 is 1.61. The quantitative estimate of drug-likeness (QED) is 0.539.